The average molecular weight is 416 g/mol. The van der Waals surface area contributed by atoms with E-state index in [-0.39, 0.29) is 11.9 Å². The number of furan rings is 1. The van der Waals surface area contributed by atoms with E-state index in [2.05, 4.69) is 28.6 Å². The number of hydrogen-bond donors (Lipinski definition) is 0. The van der Waals surface area contributed by atoms with Crippen molar-refractivity contribution >= 4 is 11.6 Å². The number of benzene rings is 1. The Kier molecular flexibility index (Phi) is 4.95. The van der Waals surface area contributed by atoms with E-state index in [1.807, 2.05) is 41.3 Å². The third-order valence-corrected chi connectivity index (χ3v) is 5.94. The van der Waals surface area contributed by atoms with E-state index < -0.39 is 0 Å². The third-order valence-electron chi connectivity index (χ3n) is 5.94. The van der Waals surface area contributed by atoms with Gasteiger partial charge in [-0.05, 0) is 55.1 Å². The summed E-state index contributed by atoms with van der Waals surface area (Å²) in [5, 5.41) is 0. The molecule has 0 saturated carbocycles. The number of carbonyl (C=O) groups is 1. The molecule has 1 aromatic carbocycles. The summed E-state index contributed by atoms with van der Waals surface area (Å²) in [5.74, 6) is 0.822. The molecule has 0 radical (unpaired) electrons. The highest BCUT2D eigenvalue weighted by Crippen LogP contribution is 2.28. The smallest absolute Gasteiger partial charge is 0.257 e. The fourth-order valence-corrected chi connectivity index (χ4v) is 4.13. The molecular weight excluding hydrogens is 392 g/mol. The first-order chi connectivity index (χ1) is 15.1. The quantitative estimate of drug-likeness (QED) is 0.507. The number of methoxy groups -OCH3 is 1. The van der Waals surface area contributed by atoms with Gasteiger partial charge in [0.05, 0.1) is 36.4 Å². The lowest BCUT2D eigenvalue weighted by Gasteiger charge is -2.38. The van der Waals surface area contributed by atoms with Gasteiger partial charge >= 0.3 is 0 Å². The van der Waals surface area contributed by atoms with Gasteiger partial charge in [-0.3, -0.25) is 14.1 Å². The number of pyridine rings is 1. The molecule has 1 amide bonds. The minimum atomic E-state index is -0.00506. The zero-order valence-electron chi connectivity index (χ0n) is 17.6. The van der Waals surface area contributed by atoms with Crippen molar-refractivity contribution in [2.75, 3.05) is 33.8 Å². The van der Waals surface area contributed by atoms with Crippen molar-refractivity contribution in [3.05, 3.63) is 78.5 Å². The molecule has 4 aromatic rings. The van der Waals surface area contributed by atoms with Crippen molar-refractivity contribution in [1.29, 1.82) is 0 Å². The molecule has 1 saturated heterocycles. The molecule has 31 heavy (non-hydrogen) atoms. The first-order valence-corrected chi connectivity index (χ1v) is 10.3. The van der Waals surface area contributed by atoms with Crippen LogP contribution in [0, 0.1) is 0 Å². The van der Waals surface area contributed by atoms with Crippen LogP contribution in [-0.4, -0.2) is 58.9 Å². The summed E-state index contributed by atoms with van der Waals surface area (Å²) in [4.78, 5) is 21.9. The van der Waals surface area contributed by atoms with Gasteiger partial charge in [-0.15, -0.1) is 0 Å². The summed E-state index contributed by atoms with van der Waals surface area (Å²) in [6.45, 7) is 2.05. The minimum Gasteiger partial charge on any atom is -0.497 e. The molecule has 1 aliphatic rings. The summed E-state index contributed by atoms with van der Waals surface area (Å²) < 4.78 is 12.5. The van der Waals surface area contributed by atoms with Crippen LogP contribution in [-0.2, 0) is 0 Å². The summed E-state index contributed by atoms with van der Waals surface area (Å²) in [5.41, 5.74) is 4.57. The number of amides is 1. The topological polar surface area (TPSA) is 63.2 Å². The largest absolute Gasteiger partial charge is 0.497 e. The van der Waals surface area contributed by atoms with E-state index >= 15 is 0 Å². The molecule has 158 valence electrons. The Morgan fingerprint density at radius 3 is 2.71 bits per heavy atom. The van der Waals surface area contributed by atoms with Crippen LogP contribution < -0.4 is 4.74 Å². The van der Waals surface area contributed by atoms with E-state index in [0.29, 0.717) is 18.7 Å². The van der Waals surface area contributed by atoms with Crippen molar-refractivity contribution in [2.24, 2.45) is 0 Å². The second kappa shape index (κ2) is 7.92. The van der Waals surface area contributed by atoms with E-state index in [1.54, 1.807) is 13.2 Å². The van der Waals surface area contributed by atoms with Crippen LogP contribution in [0.5, 0.6) is 5.75 Å². The normalized spacial score (nSPS) is 17.2. The molecule has 7 nitrogen and oxygen atoms in total. The Bertz CT molecular complexity index is 1200. The van der Waals surface area contributed by atoms with Crippen LogP contribution in [0.25, 0.3) is 16.9 Å². The molecular formula is C24H24N4O3. The summed E-state index contributed by atoms with van der Waals surface area (Å²) in [6, 6.07) is 15.9. The van der Waals surface area contributed by atoms with Gasteiger partial charge in [-0.1, -0.05) is 6.07 Å². The molecule has 0 bridgehead atoms. The van der Waals surface area contributed by atoms with E-state index in [0.717, 1.165) is 34.9 Å². The van der Waals surface area contributed by atoms with Gasteiger partial charge in [0.2, 0.25) is 0 Å². The second-order valence-electron chi connectivity index (χ2n) is 7.79. The van der Waals surface area contributed by atoms with E-state index in [9.17, 15) is 4.79 Å². The van der Waals surface area contributed by atoms with Crippen LogP contribution in [0.15, 0.2) is 71.7 Å². The summed E-state index contributed by atoms with van der Waals surface area (Å²) in [7, 11) is 3.75. The van der Waals surface area contributed by atoms with Crippen molar-refractivity contribution in [3.63, 3.8) is 0 Å². The molecule has 0 spiro atoms. The lowest BCUT2D eigenvalue weighted by Crippen LogP contribution is -2.49. The number of imidazole rings is 1. The van der Waals surface area contributed by atoms with Gasteiger partial charge in [-0.2, -0.15) is 0 Å². The number of aromatic nitrogens is 2. The lowest BCUT2D eigenvalue weighted by atomic mass is 10.1. The van der Waals surface area contributed by atoms with Crippen LogP contribution >= 0.6 is 0 Å². The maximum absolute atomic E-state index is 12.8. The second-order valence-corrected chi connectivity index (χ2v) is 7.79. The Hall–Kier alpha value is -3.58. The number of likely N-dealkylation sites (N-methyl/N-ethyl adjacent to an activating group) is 1. The number of carbonyl (C=O) groups excluding carboxylic acids is 1. The molecule has 0 N–H and O–H groups in total. The number of piperazine rings is 1. The SMILES string of the molecule is COc1ccc(-c2cccc3nc(C4CN(C(=O)c5ccoc5)CCN4C)cn23)cc1. The standard InChI is InChI=1S/C24H24N4O3/c1-26-11-12-27(24(29)18-10-13-31-16-18)15-22(26)20-14-28-21(4-3-5-23(28)25-20)17-6-8-19(30-2)9-7-17/h3-10,13-14,16,22H,11-12,15H2,1-2H3. The number of ether oxygens (including phenoxy) is 1. The maximum atomic E-state index is 12.8. The fraction of sp³-hybridized carbons (Fsp3) is 0.250. The van der Waals surface area contributed by atoms with Crippen molar-refractivity contribution in [1.82, 2.24) is 19.2 Å². The van der Waals surface area contributed by atoms with Crippen molar-refractivity contribution < 1.29 is 13.9 Å². The van der Waals surface area contributed by atoms with Gasteiger partial charge in [0.1, 0.15) is 17.7 Å². The minimum absolute atomic E-state index is 0.00506. The molecule has 1 fully saturated rings. The Morgan fingerprint density at radius 1 is 1.13 bits per heavy atom. The highest BCUT2D eigenvalue weighted by atomic mass is 16.5. The molecule has 5 rings (SSSR count). The Morgan fingerprint density at radius 2 is 1.97 bits per heavy atom. The van der Waals surface area contributed by atoms with Crippen LogP contribution in [0.1, 0.15) is 22.1 Å². The zero-order chi connectivity index (χ0) is 21.4. The third kappa shape index (κ3) is 3.57. The first kappa shape index (κ1) is 19.4. The average Bonchev–Trinajstić information content (AvgIpc) is 3.49. The van der Waals surface area contributed by atoms with Crippen molar-refractivity contribution in [2.45, 2.75) is 6.04 Å². The van der Waals surface area contributed by atoms with Gasteiger partial charge in [-0.25, -0.2) is 4.98 Å². The van der Waals surface area contributed by atoms with Gasteiger partial charge in [0.25, 0.3) is 5.91 Å². The molecule has 0 aliphatic carbocycles. The van der Waals surface area contributed by atoms with E-state index in [4.69, 9.17) is 14.1 Å². The predicted octanol–water partition coefficient (Wildman–Crippen LogP) is 3.73. The van der Waals surface area contributed by atoms with E-state index in [1.165, 1.54) is 12.5 Å². The molecule has 4 heterocycles. The van der Waals surface area contributed by atoms with Gasteiger partial charge < -0.3 is 14.1 Å². The Balaban J connectivity index is 1.47. The molecule has 1 atom stereocenters. The maximum Gasteiger partial charge on any atom is 0.257 e. The van der Waals surface area contributed by atoms with Crippen LogP contribution in [0.2, 0.25) is 0 Å². The van der Waals surface area contributed by atoms with Crippen molar-refractivity contribution in [3.8, 4) is 17.0 Å². The summed E-state index contributed by atoms with van der Waals surface area (Å²) in [6.07, 6.45) is 5.12. The number of rotatable bonds is 4. The first-order valence-electron chi connectivity index (χ1n) is 10.3. The fourth-order valence-electron chi connectivity index (χ4n) is 4.13. The number of hydrogen-bond acceptors (Lipinski definition) is 5. The monoisotopic (exact) mass is 416 g/mol. The van der Waals surface area contributed by atoms with Crippen LogP contribution in [0.4, 0.5) is 0 Å². The highest BCUT2D eigenvalue weighted by molar-refractivity contribution is 5.93. The highest BCUT2D eigenvalue weighted by Gasteiger charge is 2.31. The lowest BCUT2D eigenvalue weighted by molar-refractivity contribution is 0.0540. The molecule has 3 aromatic heterocycles. The molecule has 1 unspecified atom stereocenters. The zero-order valence-corrected chi connectivity index (χ0v) is 17.6. The number of nitrogens with zero attached hydrogens (tertiary/aromatic N) is 4. The molecule has 1 aliphatic heterocycles. The summed E-state index contributed by atoms with van der Waals surface area (Å²) >= 11 is 0. The predicted molar refractivity (Wildman–Crippen MR) is 117 cm³/mol. The number of fused-ring (bicyclic) bond motifs is 1. The van der Waals surface area contributed by atoms with Gasteiger partial charge in [0.15, 0.2) is 0 Å². The molecule has 7 heteroatoms. The Labute approximate surface area is 180 Å². The van der Waals surface area contributed by atoms with Gasteiger partial charge in [0, 0.05) is 25.8 Å². The van der Waals surface area contributed by atoms with Crippen LogP contribution in [0.3, 0.4) is 0 Å².